The van der Waals surface area contributed by atoms with Crippen LogP contribution in [0.4, 0.5) is 4.39 Å². The van der Waals surface area contributed by atoms with Crippen molar-refractivity contribution in [3.05, 3.63) is 48.3 Å². The van der Waals surface area contributed by atoms with Crippen LogP contribution in [0.25, 0.3) is 0 Å². The van der Waals surface area contributed by atoms with E-state index < -0.39 is 0 Å². The average Bonchev–Trinajstić information content (AvgIpc) is 2.38. The Kier molecular flexibility index (Phi) is 6.29. The zero-order valence-corrected chi connectivity index (χ0v) is 10.6. The van der Waals surface area contributed by atoms with Crippen molar-refractivity contribution in [2.24, 2.45) is 0 Å². The summed E-state index contributed by atoms with van der Waals surface area (Å²) in [5.74, 6) is -1.03. The average molecular weight is 264 g/mol. The monoisotopic (exact) mass is 264 g/mol. The van der Waals surface area contributed by atoms with Crippen LogP contribution in [0.2, 0.25) is 0 Å². The molecule has 0 heterocycles. The topological polar surface area (TPSA) is 58.2 Å². The SMILES string of the molecule is C=CCNC(=O)CC(=O)NCCc1ccccc1F. The van der Waals surface area contributed by atoms with Crippen LogP contribution in [-0.2, 0) is 16.0 Å². The highest BCUT2D eigenvalue weighted by Gasteiger charge is 2.08. The van der Waals surface area contributed by atoms with Crippen molar-refractivity contribution in [3.8, 4) is 0 Å². The predicted octanol–water partition coefficient (Wildman–Crippen LogP) is 1.18. The van der Waals surface area contributed by atoms with Gasteiger partial charge in [0.2, 0.25) is 11.8 Å². The number of benzene rings is 1. The van der Waals surface area contributed by atoms with Crippen molar-refractivity contribution in [1.29, 1.82) is 0 Å². The Bertz CT molecular complexity index is 461. The molecule has 19 heavy (non-hydrogen) atoms. The fourth-order valence-corrected chi connectivity index (χ4v) is 1.49. The molecule has 2 amide bonds. The molecule has 0 fully saturated rings. The lowest BCUT2D eigenvalue weighted by atomic mass is 10.1. The highest BCUT2D eigenvalue weighted by Crippen LogP contribution is 2.06. The maximum absolute atomic E-state index is 13.3. The molecule has 1 rings (SSSR count). The van der Waals surface area contributed by atoms with Gasteiger partial charge in [0.1, 0.15) is 12.2 Å². The number of carbonyl (C=O) groups is 2. The van der Waals surface area contributed by atoms with Crippen molar-refractivity contribution >= 4 is 11.8 Å². The fourth-order valence-electron chi connectivity index (χ4n) is 1.49. The van der Waals surface area contributed by atoms with E-state index in [0.29, 0.717) is 25.1 Å². The molecule has 0 aromatic heterocycles. The second kappa shape index (κ2) is 8.02. The zero-order valence-electron chi connectivity index (χ0n) is 10.6. The van der Waals surface area contributed by atoms with Gasteiger partial charge < -0.3 is 10.6 Å². The van der Waals surface area contributed by atoms with E-state index in [1.54, 1.807) is 18.2 Å². The van der Waals surface area contributed by atoms with Crippen molar-refractivity contribution in [2.75, 3.05) is 13.1 Å². The van der Waals surface area contributed by atoms with Gasteiger partial charge in [-0.15, -0.1) is 6.58 Å². The zero-order chi connectivity index (χ0) is 14.1. The molecule has 1 aromatic rings. The highest BCUT2D eigenvalue weighted by atomic mass is 19.1. The van der Waals surface area contributed by atoms with Crippen molar-refractivity contribution in [3.63, 3.8) is 0 Å². The van der Waals surface area contributed by atoms with Crippen molar-refractivity contribution < 1.29 is 14.0 Å². The minimum absolute atomic E-state index is 0.231. The molecule has 1 aromatic carbocycles. The quantitative estimate of drug-likeness (QED) is 0.574. The van der Waals surface area contributed by atoms with E-state index in [-0.39, 0.29) is 24.1 Å². The van der Waals surface area contributed by atoms with Crippen molar-refractivity contribution in [1.82, 2.24) is 10.6 Å². The lowest BCUT2D eigenvalue weighted by Crippen LogP contribution is -2.33. The van der Waals surface area contributed by atoms with Gasteiger partial charge in [-0.1, -0.05) is 24.3 Å². The van der Waals surface area contributed by atoms with E-state index in [2.05, 4.69) is 17.2 Å². The van der Waals surface area contributed by atoms with E-state index in [1.165, 1.54) is 12.1 Å². The number of hydrogen-bond donors (Lipinski definition) is 2. The lowest BCUT2D eigenvalue weighted by Gasteiger charge is -2.06. The van der Waals surface area contributed by atoms with E-state index in [9.17, 15) is 14.0 Å². The lowest BCUT2D eigenvalue weighted by molar-refractivity contribution is -0.129. The first-order chi connectivity index (χ1) is 9.13. The van der Waals surface area contributed by atoms with Gasteiger partial charge in [0.25, 0.3) is 0 Å². The van der Waals surface area contributed by atoms with Crippen LogP contribution in [-0.4, -0.2) is 24.9 Å². The molecule has 0 aliphatic rings. The largest absolute Gasteiger partial charge is 0.355 e. The molecule has 0 radical (unpaired) electrons. The Hall–Kier alpha value is -2.17. The summed E-state index contributed by atoms with van der Waals surface area (Å²) in [7, 11) is 0. The highest BCUT2D eigenvalue weighted by molar-refractivity contribution is 5.96. The van der Waals surface area contributed by atoms with Gasteiger partial charge in [-0.05, 0) is 18.1 Å². The molecule has 0 saturated carbocycles. The van der Waals surface area contributed by atoms with Gasteiger partial charge >= 0.3 is 0 Å². The van der Waals surface area contributed by atoms with E-state index >= 15 is 0 Å². The molecule has 0 aliphatic carbocycles. The van der Waals surface area contributed by atoms with Crippen LogP contribution >= 0.6 is 0 Å². The summed E-state index contributed by atoms with van der Waals surface area (Å²) >= 11 is 0. The van der Waals surface area contributed by atoms with Gasteiger partial charge in [0.15, 0.2) is 0 Å². The van der Waals surface area contributed by atoms with Crippen LogP contribution < -0.4 is 10.6 Å². The molecule has 102 valence electrons. The first-order valence-electron chi connectivity index (χ1n) is 6.01. The molecule has 0 unspecified atom stereocenters. The maximum atomic E-state index is 13.3. The third-order valence-corrected chi connectivity index (χ3v) is 2.44. The number of carbonyl (C=O) groups excluding carboxylic acids is 2. The Morgan fingerprint density at radius 2 is 1.89 bits per heavy atom. The fraction of sp³-hybridized carbons (Fsp3) is 0.286. The summed E-state index contributed by atoms with van der Waals surface area (Å²) in [5.41, 5.74) is 0.541. The summed E-state index contributed by atoms with van der Waals surface area (Å²) in [6.07, 6.45) is 1.70. The van der Waals surface area contributed by atoms with Crippen LogP contribution in [0.3, 0.4) is 0 Å². The number of hydrogen-bond acceptors (Lipinski definition) is 2. The number of halogens is 1. The van der Waals surface area contributed by atoms with E-state index in [1.807, 2.05) is 0 Å². The number of rotatable bonds is 7. The summed E-state index contributed by atoms with van der Waals surface area (Å²) < 4.78 is 13.3. The second-order valence-electron chi connectivity index (χ2n) is 3.96. The summed E-state index contributed by atoms with van der Waals surface area (Å²) in [6, 6.07) is 6.39. The van der Waals surface area contributed by atoms with Gasteiger partial charge in [0, 0.05) is 13.1 Å². The normalized spacial score (nSPS) is 9.74. The Labute approximate surface area is 111 Å². The molecule has 0 atom stereocenters. The molecule has 0 aliphatic heterocycles. The molecular formula is C14H17FN2O2. The minimum Gasteiger partial charge on any atom is -0.355 e. The smallest absolute Gasteiger partial charge is 0.229 e. The summed E-state index contributed by atoms with van der Waals surface area (Å²) in [4.78, 5) is 22.6. The molecule has 0 bridgehead atoms. The van der Waals surface area contributed by atoms with Crippen LogP contribution in [0.15, 0.2) is 36.9 Å². The third kappa shape index (κ3) is 5.81. The Morgan fingerprint density at radius 3 is 2.58 bits per heavy atom. The predicted molar refractivity (Wildman–Crippen MR) is 70.9 cm³/mol. The second-order valence-corrected chi connectivity index (χ2v) is 3.96. The van der Waals surface area contributed by atoms with Gasteiger partial charge in [-0.25, -0.2) is 4.39 Å². The molecule has 0 saturated heterocycles. The van der Waals surface area contributed by atoms with Gasteiger partial charge in [-0.2, -0.15) is 0 Å². The van der Waals surface area contributed by atoms with Crippen molar-refractivity contribution in [2.45, 2.75) is 12.8 Å². The van der Waals surface area contributed by atoms with Gasteiger partial charge in [0.05, 0.1) is 0 Å². The molecule has 0 spiro atoms. The molecule has 5 heteroatoms. The number of nitrogens with one attached hydrogen (secondary N) is 2. The molecular weight excluding hydrogens is 247 g/mol. The first kappa shape index (κ1) is 14.9. The summed E-state index contributed by atoms with van der Waals surface area (Å²) in [5, 5.41) is 5.08. The first-order valence-corrected chi connectivity index (χ1v) is 6.01. The third-order valence-electron chi connectivity index (χ3n) is 2.44. The molecule has 2 N–H and O–H groups in total. The van der Waals surface area contributed by atoms with E-state index in [0.717, 1.165) is 0 Å². The van der Waals surface area contributed by atoms with Gasteiger partial charge in [-0.3, -0.25) is 9.59 Å². The Morgan fingerprint density at radius 1 is 1.21 bits per heavy atom. The summed E-state index contributed by atoms with van der Waals surface area (Å²) in [6.45, 7) is 4.09. The van der Waals surface area contributed by atoms with E-state index in [4.69, 9.17) is 0 Å². The van der Waals surface area contributed by atoms with Crippen LogP contribution in [0, 0.1) is 5.82 Å². The number of amides is 2. The molecule has 4 nitrogen and oxygen atoms in total. The minimum atomic E-state index is -0.377. The maximum Gasteiger partial charge on any atom is 0.229 e. The Balaban J connectivity index is 2.26. The van der Waals surface area contributed by atoms with Crippen LogP contribution in [0.1, 0.15) is 12.0 Å². The van der Waals surface area contributed by atoms with Crippen LogP contribution in [0.5, 0.6) is 0 Å². The standard InChI is InChI=1S/C14H17FN2O2/c1-2-8-16-13(18)10-14(19)17-9-7-11-5-3-4-6-12(11)15/h2-6H,1,7-10H2,(H,16,18)(H,17,19).